The number of hydrogen-bond acceptors (Lipinski definition) is 4. The van der Waals surface area contributed by atoms with Crippen LogP contribution in [-0.4, -0.2) is 28.5 Å². The normalized spacial score (nSPS) is 15.3. The van der Waals surface area contributed by atoms with E-state index in [1.54, 1.807) is 18.3 Å². The second-order valence-electron chi connectivity index (χ2n) is 6.72. The number of hydrogen-bond donors (Lipinski definition) is 2. The molecule has 2 N–H and O–H groups in total. The third-order valence-corrected chi connectivity index (χ3v) is 4.73. The summed E-state index contributed by atoms with van der Waals surface area (Å²) >= 11 is 0. The first-order chi connectivity index (χ1) is 12.7. The minimum absolute atomic E-state index is 0.165. The van der Waals surface area contributed by atoms with Crippen LogP contribution in [0.5, 0.6) is 0 Å². The van der Waals surface area contributed by atoms with Crippen molar-refractivity contribution < 1.29 is 9.18 Å². The molecule has 0 radical (unpaired) electrons. The number of halogens is 1. The number of carbonyl (C=O) groups excluding carboxylic acids is 1. The van der Waals surface area contributed by atoms with Gasteiger partial charge >= 0.3 is 0 Å². The van der Waals surface area contributed by atoms with Crippen molar-refractivity contribution in [1.29, 1.82) is 0 Å². The number of rotatable bonds is 6. The van der Waals surface area contributed by atoms with Crippen LogP contribution in [-0.2, 0) is 6.42 Å². The predicted molar refractivity (Wildman–Crippen MR) is 99.6 cm³/mol. The molecule has 26 heavy (non-hydrogen) atoms. The van der Waals surface area contributed by atoms with Gasteiger partial charge in [0.2, 0.25) is 0 Å². The molecule has 0 spiro atoms. The Kier molecular flexibility index (Phi) is 6.52. The lowest BCUT2D eigenvalue weighted by Gasteiger charge is -2.15. The molecule has 1 aliphatic carbocycles. The largest absolute Gasteiger partial charge is 0.368 e. The van der Waals surface area contributed by atoms with E-state index in [-0.39, 0.29) is 17.8 Å². The van der Waals surface area contributed by atoms with Gasteiger partial charge in [-0.05, 0) is 30.9 Å². The summed E-state index contributed by atoms with van der Waals surface area (Å²) < 4.78 is 13.6. The molecule has 5 nitrogen and oxygen atoms in total. The molecule has 0 unspecified atom stereocenters. The van der Waals surface area contributed by atoms with E-state index in [0.717, 1.165) is 12.8 Å². The van der Waals surface area contributed by atoms with Gasteiger partial charge < -0.3 is 10.6 Å². The summed E-state index contributed by atoms with van der Waals surface area (Å²) in [5.41, 5.74) is 0.987. The summed E-state index contributed by atoms with van der Waals surface area (Å²) in [7, 11) is 0. The standard InChI is InChI=1S/C20H25FN4O/c21-17-10-6-5-7-15(17)11-12-22-19-14-23-18(13-24-19)20(26)25-16-8-3-1-2-4-9-16/h5-7,10,13-14,16H,1-4,8-9,11-12H2,(H,22,24)(H,25,26). The monoisotopic (exact) mass is 356 g/mol. The lowest BCUT2D eigenvalue weighted by Crippen LogP contribution is -2.35. The number of carbonyl (C=O) groups is 1. The molecule has 1 saturated carbocycles. The van der Waals surface area contributed by atoms with Crippen molar-refractivity contribution in [2.45, 2.75) is 51.0 Å². The number of nitrogens with zero attached hydrogens (tertiary/aromatic N) is 2. The van der Waals surface area contributed by atoms with E-state index in [1.165, 1.54) is 37.9 Å². The van der Waals surface area contributed by atoms with Crippen LogP contribution in [0.1, 0.15) is 54.6 Å². The topological polar surface area (TPSA) is 66.9 Å². The maximum atomic E-state index is 13.6. The van der Waals surface area contributed by atoms with Gasteiger partial charge in [0, 0.05) is 12.6 Å². The molecule has 0 saturated heterocycles. The Balaban J connectivity index is 1.48. The van der Waals surface area contributed by atoms with E-state index in [9.17, 15) is 9.18 Å². The fourth-order valence-electron chi connectivity index (χ4n) is 3.25. The van der Waals surface area contributed by atoms with Gasteiger partial charge in [-0.25, -0.2) is 14.4 Å². The van der Waals surface area contributed by atoms with Gasteiger partial charge in [0.1, 0.15) is 17.3 Å². The van der Waals surface area contributed by atoms with E-state index in [4.69, 9.17) is 0 Å². The van der Waals surface area contributed by atoms with E-state index in [0.29, 0.717) is 30.0 Å². The molecule has 6 heteroatoms. The van der Waals surface area contributed by atoms with Crippen molar-refractivity contribution in [2.24, 2.45) is 0 Å². The minimum atomic E-state index is -0.203. The summed E-state index contributed by atoms with van der Waals surface area (Å²) in [6, 6.07) is 6.96. The van der Waals surface area contributed by atoms with Crippen LogP contribution < -0.4 is 10.6 Å². The number of amides is 1. The Bertz CT molecular complexity index is 712. The van der Waals surface area contributed by atoms with Crippen LogP contribution in [0, 0.1) is 5.82 Å². The highest BCUT2D eigenvalue weighted by atomic mass is 19.1. The molecular formula is C20H25FN4O. The first-order valence-corrected chi connectivity index (χ1v) is 9.32. The molecule has 1 aliphatic rings. The van der Waals surface area contributed by atoms with Crippen molar-refractivity contribution in [3.63, 3.8) is 0 Å². The van der Waals surface area contributed by atoms with Crippen LogP contribution in [0.2, 0.25) is 0 Å². The molecule has 0 aliphatic heterocycles. The van der Waals surface area contributed by atoms with E-state index in [1.807, 2.05) is 6.07 Å². The first-order valence-electron chi connectivity index (χ1n) is 9.32. The van der Waals surface area contributed by atoms with Crippen LogP contribution in [0.25, 0.3) is 0 Å². The summed E-state index contributed by atoms with van der Waals surface area (Å²) in [5, 5.41) is 6.17. The molecule has 0 bridgehead atoms. The highest BCUT2D eigenvalue weighted by Crippen LogP contribution is 2.17. The molecule has 138 valence electrons. The molecule has 2 aromatic rings. The summed E-state index contributed by atoms with van der Waals surface area (Å²) in [6.07, 6.45) is 10.5. The first kappa shape index (κ1) is 18.3. The zero-order valence-electron chi connectivity index (χ0n) is 14.9. The third kappa shape index (κ3) is 5.25. The quantitative estimate of drug-likeness (QED) is 0.774. The Morgan fingerprint density at radius 1 is 1.08 bits per heavy atom. The smallest absolute Gasteiger partial charge is 0.271 e. The zero-order valence-corrected chi connectivity index (χ0v) is 14.9. The Labute approximate surface area is 153 Å². The predicted octanol–water partition coefficient (Wildman–Crippen LogP) is 3.72. The van der Waals surface area contributed by atoms with Gasteiger partial charge in [0.05, 0.1) is 12.4 Å². The lowest BCUT2D eigenvalue weighted by atomic mass is 10.1. The van der Waals surface area contributed by atoms with Crippen LogP contribution >= 0.6 is 0 Å². The molecule has 1 heterocycles. The van der Waals surface area contributed by atoms with Gasteiger partial charge in [-0.1, -0.05) is 43.9 Å². The number of nitrogens with one attached hydrogen (secondary N) is 2. The van der Waals surface area contributed by atoms with E-state index >= 15 is 0 Å². The van der Waals surface area contributed by atoms with Crippen molar-refractivity contribution in [1.82, 2.24) is 15.3 Å². The molecule has 0 atom stereocenters. The van der Waals surface area contributed by atoms with Crippen molar-refractivity contribution in [3.05, 3.63) is 53.7 Å². The van der Waals surface area contributed by atoms with Crippen molar-refractivity contribution in [2.75, 3.05) is 11.9 Å². The Hall–Kier alpha value is -2.50. The number of aromatic nitrogens is 2. The number of anilines is 1. The fraction of sp³-hybridized carbons (Fsp3) is 0.450. The maximum Gasteiger partial charge on any atom is 0.271 e. The highest BCUT2D eigenvalue weighted by molar-refractivity contribution is 5.92. The fourth-order valence-corrected chi connectivity index (χ4v) is 3.25. The van der Waals surface area contributed by atoms with Crippen LogP contribution in [0.3, 0.4) is 0 Å². The highest BCUT2D eigenvalue weighted by Gasteiger charge is 2.16. The van der Waals surface area contributed by atoms with Crippen LogP contribution in [0.15, 0.2) is 36.7 Å². The van der Waals surface area contributed by atoms with Gasteiger partial charge in [-0.2, -0.15) is 0 Å². The van der Waals surface area contributed by atoms with Crippen molar-refractivity contribution in [3.8, 4) is 0 Å². The Morgan fingerprint density at radius 3 is 2.54 bits per heavy atom. The van der Waals surface area contributed by atoms with E-state index in [2.05, 4.69) is 20.6 Å². The summed E-state index contributed by atoms with van der Waals surface area (Å²) in [5.74, 6) is 0.209. The van der Waals surface area contributed by atoms with Gasteiger partial charge in [-0.15, -0.1) is 0 Å². The SMILES string of the molecule is O=C(NC1CCCCCC1)c1cnc(NCCc2ccccc2F)cn1. The number of benzene rings is 1. The van der Waals surface area contributed by atoms with Gasteiger partial charge in [0.15, 0.2) is 0 Å². The average molecular weight is 356 g/mol. The van der Waals surface area contributed by atoms with Gasteiger partial charge in [0.25, 0.3) is 5.91 Å². The zero-order chi connectivity index (χ0) is 18.2. The second kappa shape index (κ2) is 9.27. The summed E-state index contributed by atoms with van der Waals surface area (Å²) in [6.45, 7) is 0.545. The average Bonchev–Trinajstić information content (AvgIpc) is 2.92. The van der Waals surface area contributed by atoms with Gasteiger partial charge in [-0.3, -0.25) is 4.79 Å². The molecular weight excluding hydrogens is 331 g/mol. The third-order valence-electron chi connectivity index (χ3n) is 4.73. The second-order valence-corrected chi connectivity index (χ2v) is 6.72. The minimum Gasteiger partial charge on any atom is -0.368 e. The van der Waals surface area contributed by atoms with E-state index < -0.39 is 0 Å². The molecule has 1 amide bonds. The maximum absolute atomic E-state index is 13.6. The van der Waals surface area contributed by atoms with Crippen LogP contribution in [0.4, 0.5) is 10.2 Å². The molecule has 1 fully saturated rings. The molecule has 1 aromatic carbocycles. The molecule has 3 rings (SSSR count). The lowest BCUT2D eigenvalue weighted by molar-refractivity contribution is 0.0928. The van der Waals surface area contributed by atoms with Crippen molar-refractivity contribution >= 4 is 11.7 Å². The summed E-state index contributed by atoms with van der Waals surface area (Å²) in [4.78, 5) is 20.7. The Morgan fingerprint density at radius 2 is 1.85 bits per heavy atom. The molecule has 1 aromatic heterocycles.